The number of carbonyl (C=O) groups excluding carboxylic acids is 2. The Hall–Kier alpha value is -1.20. The Morgan fingerprint density at radius 2 is 1.92 bits per heavy atom. The van der Waals surface area contributed by atoms with Crippen molar-refractivity contribution >= 4 is 40.9 Å². The topological polar surface area (TPSA) is 49.4 Å². The van der Waals surface area contributed by atoms with Crippen molar-refractivity contribution in [1.82, 2.24) is 4.90 Å². The molecule has 0 radical (unpaired) electrons. The number of rotatable bonds is 6. The number of thioether (sulfide) groups is 1. The summed E-state index contributed by atoms with van der Waals surface area (Å²) in [5.74, 6) is 1.10. The number of nitrogens with zero attached hydrogens (tertiary/aromatic N) is 1. The van der Waals surface area contributed by atoms with Gasteiger partial charge in [0.2, 0.25) is 5.91 Å². The molecule has 0 aromatic heterocycles. The molecule has 0 spiro atoms. The number of hydrogen-bond donors (Lipinski definition) is 1. The minimum Gasteiger partial charge on any atom is -0.339 e. The molecular weight excluding hydrogens is 356 g/mol. The smallest absolute Gasteiger partial charge is 0.255 e. The Morgan fingerprint density at radius 3 is 2.48 bits per heavy atom. The van der Waals surface area contributed by atoms with Crippen molar-refractivity contribution in [2.24, 2.45) is 5.92 Å². The van der Waals surface area contributed by atoms with Gasteiger partial charge in [-0.15, -0.1) is 11.8 Å². The zero-order valence-electron chi connectivity index (χ0n) is 15.2. The first-order chi connectivity index (χ1) is 11.9. The van der Waals surface area contributed by atoms with Crippen molar-refractivity contribution in [3.05, 3.63) is 28.8 Å². The molecule has 1 atom stereocenters. The first-order valence-electron chi connectivity index (χ1n) is 8.95. The van der Waals surface area contributed by atoms with Gasteiger partial charge < -0.3 is 10.2 Å². The van der Waals surface area contributed by atoms with Gasteiger partial charge in [0.1, 0.15) is 0 Å². The average molecular weight is 383 g/mol. The molecule has 1 fully saturated rings. The molecule has 0 bridgehead atoms. The van der Waals surface area contributed by atoms with E-state index in [9.17, 15) is 9.59 Å². The van der Waals surface area contributed by atoms with Gasteiger partial charge in [0.05, 0.1) is 15.8 Å². The van der Waals surface area contributed by atoms with E-state index in [2.05, 4.69) is 5.32 Å². The fourth-order valence-corrected chi connectivity index (χ4v) is 4.21. The maximum Gasteiger partial charge on any atom is 0.255 e. The summed E-state index contributed by atoms with van der Waals surface area (Å²) in [5, 5.41) is 3.21. The van der Waals surface area contributed by atoms with Gasteiger partial charge in [-0.25, -0.2) is 0 Å². The monoisotopic (exact) mass is 382 g/mol. The van der Waals surface area contributed by atoms with Gasteiger partial charge in [0, 0.05) is 18.8 Å². The van der Waals surface area contributed by atoms with Crippen molar-refractivity contribution in [3.8, 4) is 0 Å². The molecule has 0 saturated carbocycles. The number of halogens is 1. The van der Waals surface area contributed by atoms with Crippen LogP contribution in [0, 0.1) is 5.92 Å². The van der Waals surface area contributed by atoms with Crippen LogP contribution in [0.3, 0.4) is 0 Å². The Bertz CT molecular complexity index is 615. The van der Waals surface area contributed by atoms with E-state index in [-0.39, 0.29) is 23.0 Å². The third kappa shape index (κ3) is 5.38. The summed E-state index contributed by atoms with van der Waals surface area (Å²) >= 11 is 7.96. The molecule has 138 valence electrons. The Kier molecular flexibility index (Phi) is 7.63. The number of anilines is 1. The molecule has 1 saturated heterocycles. The number of amides is 2. The van der Waals surface area contributed by atoms with Crippen molar-refractivity contribution in [2.45, 2.75) is 45.3 Å². The van der Waals surface area contributed by atoms with Crippen LogP contribution in [0.4, 0.5) is 5.69 Å². The van der Waals surface area contributed by atoms with Crippen molar-refractivity contribution in [2.75, 3.05) is 24.2 Å². The van der Waals surface area contributed by atoms with Gasteiger partial charge in [-0.05, 0) is 49.1 Å². The first-order valence-corrected chi connectivity index (χ1v) is 10.4. The summed E-state index contributed by atoms with van der Waals surface area (Å²) in [5.41, 5.74) is 1.14. The predicted molar refractivity (Wildman–Crippen MR) is 107 cm³/mol. The molecule has 1 unspecified atom stereocenters. The third-order valence-corrected chi connectivity index (χ3v) is 6.08. The van der Waals surface area contributed by atoms with Gasteiger partial charge in [-0.3, -0.25) is 9.59 Å². The first kappa shape index (κ1) is 20.1. The number of likely N-dealkylation sites (tertiary alicyclic amines) is 1. The quantitative estimate of drug-likeness (QED) is 0.776. The van der Waals surface area contributed by atoms with E-state index in [0.29, 0.717) is 16.3 Å². The van der Waals surface area contributed by atoms with E-state index >= 15 is 0 Å². The van der Waals surface area contributed by atoms with Gasteiger partial charge in [0.25, 0.3) is 5.91 Å². The lowest BCUT2D eigenvalue weighted by Crippen LogP contribution is -2.35. The van der Waals surface area contributed by atoms with Crippen LogP contribution < -0.4 is 5.32 Å². The minimum absolute atomic E-state index is 0.0203. The normalized spacial score (nSPS) is 16.0. The van der Waals surface area contributed by atoms with E-state index in [1.165, 1.54) is 6.42 Å². The van der Waals surface area contributed by atoms with E-state index in [0.717, 1.165) is 31.7 Å². The second-order valence-corrected chi connectivity index (χ2v) is 8.48. The zero-order chi connectivity index (χ0) is 18.4. The number of nitrogens with one attached hydrogen (secondary N) is 1. The maximum atomic E-state index is 12.6. The van der Waals surface area contributed by atoms with E-state index in [4.69, 9.17) is 11.6 Å². The molecule has 1 aliphatic heterocycles. The highest BCUT2D eigenvalue weighted by Gasteiger charge is 2.23. The molecule has 4 nitrogen and oxygen atoms in total. The number of benzene rings is 1. The fourth-order valence-electron chi connectivity index (χ4n) is 3.00. The molecule has 1 aromatic carbocycles. The zero-order valence-corrected chi connectivity index (χ0v) is 16.8. The highest BCUT2D eigenvalue weighted by molar-refractivity contribution is 8.00. The predicted octanol–water partition coefficient (Wildman–Crippen LogP) is 4.68. The summed E-state index contributed by atoms with van der Waals surface area (Å²) in [6.07, 6.45) is 3.27. The summed E-state index contributed by atoms with van der Waals surface area (Å²) < 4.78 is 0. The van der Waals surface area contributed by atoms with Crippen molar-refractivity contribution in [1.29, 1.82) is 0 Å². The van der Waals surface area contributed by atoms with Gasteiger partial charge in [-0.2, -0.15) is 0 Å². The summed E-state index contributed by atoms with van der Waals surface area (Å²) in [6, 6.07) is 5.14. The summed E-state index contributed by atoms with van der Waals surface area (Å²) in [6.45, 7) is 7.71. The second-order valence-electron chi connectivity index (χ2n) is 6.66. The lowest BCUT2D eigenvalue weighted by Gasteiger charge is -2.27. The number of hydrogen-bond acceptors (Lipinski definition) is 3. The SMILES string of the molecule is CCSC(C(=O)Nc1ccc(C(=O)N2CCCCC2)c(Cl)c1)C(C)C. The van der Waals surface area contributed by atoms with Crippen LogP contribution in [0.1, 0.15) is 50.4 Å². The van der Waals surface area contributed by atoms with Gasteiger partial charge in [-0.1, -0.05) is 32.4 Å². The largest absolute Gasteiger partial charge is 0.339 e. The van der Waals surface area contributed by atoms with E-state index in [1.54, 1.807) is 30.0 Å². The Morgan fingerprint density at radius 1 is 1.24 bits per heavy atom. The lowest BCUT2D eigenvalue weighted by atomic mass is 10.1. The molecule has 0 aliphatic carbocycles. The average Bonchev–Trinajstić information content (AvgIpc) is 2.59. The maximum absolute atomic E-state index is 12.6. The summed E-state index contributed by atoms with van der Waals surface area (Å²) in [4.78, 5) is 26.9. The van der Waals surface area contributed by atoms with Crippen LogP contribution in [0.15, 0.2) is 18.2 Å². The highest BCUT2D eigenvalue weighted by Crippen LogP contribution is 2.26. The van der Waals surface area contributed by atoms with Crippen LogP contribution >= 0.6 is 23.4 Å². The van der Waals surface area contributed by atoms with Crippen LogP contribution in [0.2, 0.25) is 5.02 Å². The third-order valence-electron chi connectivity index (χ3n) is 4.32. The molecule has 1 aliphatic rings. The lowest BCUT2D eigenvalue weighted by molar-refractivity contribution is -0.116. The highest BCUT2D eigenvalue weighted by atomic mass is 35.5. The second kappa shape index (κ2) is 9.48. The fraction of sp³-hybridized carbons (Fsp3) is 0.579. The van der Waals surface area contributed by atoms with E-state index in [1.807, 2.05) is 25.7 Å². The molecule has 2 rings (SSSR count). The molecule has 2 amide bonds. The number of piperidine rings is 1. The Balaban J connectivity index is 2.08. The molecule has 1 aromatic rings. The van der Waals surface area contributed by atoms with Crippen LogP contribution in [-0.4, -0.2) is 40.8 Å². The van der Waals surface area contributed by atoms with Crippen LogP contribution in [0.5, 0.6) is 0 Å². The Labute approximate surface area is 159 Å². The molecule has 25 heavy (non-hydrogen) atoms. The standard InChI is InChI=1S/C19H27ClN2O2S/c1-4-25-17(13(2)3)18(23)21-14-8-9-15(16(20)12-14)19(24)22-10-6-5-7-11-22/h8-9,12-13,17H,4-7,10-11H2,1-3H3,(H,21,23). The summed E-state index contributed by atoms with van der Waals surface area (Å²) in [7, 11) is 0. The van der Waals surface area contributed by atoms with Gasteiger partial charge >= 0.3 is 0 Å². The van der Waals surface area contributed by atoms with Crippen molar-refractivity contribution < 1.29 is 9.59 Å². The van der Waals surface area contributed by atoms with E-state index < -0.39 is 0 Å². The van der Waals surface area contributed by atoms with Gasteiger partial charge in [0.15, 0.2) is 0 Å². The van der Waals surface area contributed by atoms with Crippen LogP contribution in [-0.2, 0) is 4.79 Å². The minimum atomic E-state index is -0.0987. The van der Waals surface area contributed by atoms with Crippen LogP contribution in [0.25, 0.3) is 0 Å². The van der Waals surface area contributed by atoms with Crippen molar-refractivity contribution in [3.63, 3.8) is 0 Å². The molecule has 1 heterocycles. The molecule has 6 heteroatoms. The number of carbonyl (C=O) groups is 2. The molecular formula is C19H27ClN2O2S. The molecule has 1 N–H and O–H groups in total.